The molecule has 1 amide bonds. The third-order valence-electron chi connectivity index (χ3n) is 3.27. The number of nitrogens with one attached hydrogen (secondary N) is 1. The fourth-order valence-corrected chi connectivity index (χ4v) is 2.82. The Labute approximate surface area is 131 Å². The van der Waals surface area contributed by atoms with Crippen molar-refractivity contribution in [2.24, 2.45) is 0 Å². The lowest BCUT2D eigenvalue weighted by molar-refractivity contribution is -0.116. The van der Waals surface area contributed by atoms with Gasteiger partial charge in [0, 0.05) is 18.4 Å². The minimum atomic E-state index is -3.27. The molecule has 0 fully saturated rings. The van der Waals surface area contributed by atoms with Gasteiger partial charge < -0.3 is 5.32 Å². The molecule has 0 saturated heterocycles. The van der Waals surface area contributed by atoms with Gasteiger partial charge in [0.15, 0.2) is 9.84 Å². The van der Waals surface area contributed by atoms with E-state index >= 15 is 0 Å². The van der Waals surface area contributed by atoms with Crippen LogP contribution >= 0.6 is 0 Å². The van der Waals surface area contributed by atoms with Gasteiger partial charge in [-0.05, 0) is 37.1 Å². The molecule has 22 heavy (non-hydrogen) atoms. The van der Waals surface area contributed by atoms with Crippen LogP contribution in [0.4, 0.5) is 5.69 Å². The number of sulfone groups is 1. The smallest absolute Gasteiger partial charge is 0.224 e. The topological polar surface area (TPSA) is 63.2 Å². The highest BCUT2D eigenvalue weighted by Crippen LogP contribution is 2.16. The van der Waals surface area contributed by atoms with Crippen molar-refractivity contribution in [2.75, 3.05) is 11.6 Å². The Bertz CT molecular complexity index is 782. The quantitative estimate of drug-likeness (QED) is 0.922. The van der Waals surface area contributed by atoms with Crippen LogP contribution < -0.4 is 5.32 Å². The summed E-state index contributed by atoms with van der Waals surface area (Å²) in [7, 11) is -3.27. The SMILES string of the molecule is Cc1cccc(CCC(=O)Nc2cccc(S(C)(=O)=O)c2)c1. The van der Waals surface area contributed by atoms with E-state index in [1.54, 1.807) is 12.1 Å². The number of hydrogen-bond donors (Lipinski definition) is 1. The molecule has 0 bridgehead atoms. The van der Waals surface area contributed by atoms with Crippen LogP contribution in [0.25, 0.3) is 0 Å². The maximum absolute atomic E-state index is 12.0. The van der Waals surface area contributed by atoms with E-state index in [1.165, 1.54) is 17.7 Å². The van der Waals surface area contributed by atoms with E-state index in [-0.39, 0.29) is 10.8 Å². The summed E-state index contributed by atoms with van der Waals surface area (Å²) in [5, 5.41) is 2.74. The van der Waals surface area contributed by atoms with Crippen molar-refractivity contribution < 1.29 is 13.2 Å². The lowest BCUT2D eigenvalue weighted by Crippen LogP contribution is -2.12. The number of carbonyl (C=O) groups excluding carboxylic acids is 1. The van der Waals surface area contributed by atoms with Gasteiger partial charge in [-0.25, -0.2) is 8.42 Å². The molecule has 0 aromatic heterocycles. The van der Waals surface area contributed by atoms with Crippen LogP contribution in [0, 0.1) is 6.92 Å². The van der Waals surface area contributed by atoms with Crippen molar-refractivity contribution in [3.05, 3.63) is 59.7 Å². The summed E-state index contributed by atoms with van der Waals surface area (Å²) >= 11 is 0. The standard InChI is InChI=1S/C17H19NO3S/c1-13-5-3-6-14(11-13)9-10-17(19)18-15-7-4-8-16(12-15)22(2,20)21/h3-8,11-12H,9-10H2,1-2H3,(H,18,19). The van der Waals surface area contributed by atoms with Gasteiger partial charge >= 0.3 is 0 Å². The summed E-state index contributed by atoms with van der Waals surface area (Å²) in [6.45, 7) is 2.01. The van der Waals surface area contributed by atoms with Crippen molar-refractivity contribution in [1.82, 2.24) is 0 Å². The average Bonchev–Trinajstić information content (AvgIpc) is 2.45. The summed E-state index contributed by atoms with van der Waals surface area (Å²) < 4.78 is 23.0. The predicted octanol–water partition coefficient (Wildman–Crippen LogP) is 2.97. The van der Waals surface area contributed by atoms with E-state index in [2.05, 4.69) is 11.4 Å². The normalized spacial score (nSPS) is 11.2. The Morgan fingerprint density at radius 3 is 2.50 bits per heavy atom. The van der Waals surface area contributed by atoms with E-state index < -0.39 is 9.84 Å². The molecule has 0 spiro atoms. The number of benzene rings is 2. The minimum Gasteiger partial charge on any atom is -0.326 e. The second-order valence-electron chi connectivity index (χ2n) is 5.34. The molecule has 0 saturated carbocycles. The van der Waals surface area contributed by atoms with Gasteiger partial charge in [0.2, 0.25) is 5.91 Å². The summed E-state index contributed by atoms with van der Waals surface area (Å²) in [6.07, 6.45) is 2.15. The molecule has 0 aliphatic heterocycles. The fraction of sp³-hybridized carbons (Fsp3) is 0.235. The van der Waals surface area contributed by atoms with Crippen LogP contribution in [-0.4, -0.2) is 20.6 Å². The van der Waals surface area contributed by atoms with Crippen LogP contribution in [0.15, 0.2) is 53.4 Å². The molecule has 5 heteroatoms. The zero-order valence-corrected chi connectivity index (χ0v) is 13.5. The molecule has 0 radical (unpaired) electrons. The van der Waals surface area contributed by atoms with Crippen LogP contribution in [-0.2, 0) is 21.1 Å². The first-order valence-electron chi connectivity index (χ1n) is 7.00. The van der Waals surface area contributed by atoms with Crippen LogP contribution in [0.2, 0.25) is 0 Å². The average molecular weight is 317 g/mol. The molecule has 0 aliphatic carbocycles. The van der Waals surface area contributed by atoms with Crippen molar-refractivity contribution in [3.8, 4) is 0 Å². The molecule has 2 aromatic rings. The minimum absolute atomic E-state index is 0.132. The van der Waals surface area contributed by atoms with Gasteiger partial charge in [0.05, 0.1) is 4.90 Å². The van der Waals surface area contributed by atoms with Gasteiger partial charge in [-0.15, -0.1) is 0 Å². The Balaban J connectivity index is 1.98. The molecular formula is C17H19NO3S. The summed E-state index contributed by atoms with van der Waals surface area (Å²) in [6, 6.07) is 14.3. The van der Waals surface area contributed by atoms with E-state index in [9.17, 15) is 13.2 Å². The summed E-state index contributed by atoms with van der Waals surface area (Å²) in [5.74, 6) is -0.132. The number of carbonyl (C=O) groups is 1. The largest absolute Gasteiger partial charge is 0.326 e. The number of amides is 1. The molecule has 0 unspecified atom stereocenters. The maximum Gasteiger partial charge on any atom is 0.224 e. The van der Waals surface area contributed by atoms with Gasteiger partial charge in [-0.1, -0.05) is 35.9 Å². The Morgan fingerprint density at radius 1 is 1.09 bits per heavy atom. The van der Waals surface area contributed by atoms with Gasteiger partial charge in [-0.3, -0.25) is 4.79 Å². The molecule has 2 aromatic carbocycles. The lowest BCUT2D eigenvalue weighted by Gasteiger charge is -2.07. The molecule has 116 valence electrons. The first-order valence-corrected chi connectivity index (χ1v) is 8.89. The van der Waals surface area contributed by atoms with Gasteiger partial charge in [0.25, 0.3) is 0 Å². The second kappa shape index (κ2) is 6.75. The maximum atomic E-state index is 12.0. The van der Waals surface area contributed by atoms with Crippen molar-refractivity contribution >= 4 is 21.4 Å². The van der Waals surface area contributed by atoms with Crippen LogP contribution in [0.3, 0.4) is 0 Å². The van der Waals surface area contributed by atoms with Crippen molar-refractivity contribution in [2.45, 2.75) is 24.7 Å². The number of hydrogen-bond acceptors (Lipinski definition) is 3. The molecule has 0 atom stereocenters. The molecule has 4 nitrogen and oxygen atoms in total. The molecule has 0 heterocycles. The molecular weight excluding hydrogens is 298 g/mol. The lowest BCUT2D eigenvalue weighted by atomic mass is 10.1. The Morgan fingerprint density at radius 2 is 1.82 bits per heavy atom. The first-order chi connectivity index (χ1) is 10.3. The van der Waals surface area contributed by atoms with Crippen molar-refractivity contribution in [1.29, 1.82) is 0 Å². The number of aryl methyl sites for hydroxylation is 2. The Kier molecular flexibility index (Phi) is 4.98. The predicted molar refractivity (Wildman–Crippen MR) is 87.7 cm³/mol. The molecule has 2 rings (SSSR count). The monoisotopic (exact) mass is 317 g/mol. The van der Waals surface area contributed by atoms with E-state index in [0.717, 1.165) is 11.8 Å². The second-order valence-corrected chi connectivity index (χ2v) is 7.35. The first kappa shape index (κ1) is 16.2. The number of rotatable bonds is 5. The Hall–Kier alpha value is -2.14. The van der Waals surface area contributed by atoms with E-state index in [1.807, 2.05) is 25.1 Å². The summed E-state index contributed by atoms with van der Waals surface area (Å²) in [5.41, 5.74) is 2.77. The van der Waals surface area contributed by atoms with Gasteiger partial charge in [0.1, 0.15) is 0 Å². The molecule has 0 aliphatic rings. The van der Waals surface area contributed by atoms with Gasteiger partial charge in [-0.2, -0.15) is 0 Å². The molecule has 1 N–H and O–H groups in total. The third-order valence-corrected chi connectivity index (χ3v) is 4.38. The zero-order chi connectivity index (χ0) is 16.2. The number of anilines is 1. The highest BCUT2D eigenvalue weighted by molar-refractivity contribution is 7.90. The third kappa shape index (κ3) is 4.70. The highest BCUT2D eigenvalue weighted by atomic mass is 32.2. The fourth-order valence-electron chi connectivity index (χ4n) is 2.15. The van der Waals surface area contributed by atoms with Crippen molar-refractivity contribution in [3.63, 3.8) is 0 Å². The zero-order valence-electron chi connectivity index (χ0n) is 12.7. The van der Waals surface area contributed by atoms with E-state index in [4.69, 9.17) is 0 Å². The van der Waals surface area contributed by atoms with Crippen LogP contribution in [0.1, 0.15) is 17.5 Å². The van der Waals surface area contributed by atoms with E-state index in [0.29, 0.717) is 18.5 Å². The summed E-state index contributed by atoms with van der Waals surface area (Å²) in [4.78, 5) is 12.2. The highest BCUT2D eigenvalue weighted by Gasteiger charge is 2.09. The van der Waals surface area contributed by atoms with Crippen LogP contribution in [0.5, 0.6) is 0 Å².